The first-order chi connectivity index (χ1) is 9.21. The molecule has 0 saturated carbocycles. The maximum atomic E-state index is 9.65. The minimum Gasteiger partial charge on any atom is -0.198 e. The summed E-state index contributed by atoms with van der Waals surface area (Å²) in [6.07, 6.45) is 2.61. The summed E-state index contributed by atoms with van der Waals surface area (Å²) in [5.41, 5.74) is 4.97. The van der Waals surface area contributed by atoms with Crippen LogP contribution in [0.5, 0.6) is 0 Å². The molecule has 0 aliphatic heterocycles. The van der Waals surface area contributed by atoms with Crippen molar-refractivity contribution in [2.75, 3.05) is 0 Å². The van der Waals surface area contributed by atoms with Crippen molar-refractivity contribution in [3.63, 3.8) is 0 Å². The van der Waals surface area contributed by atoms with E-state index in [9.17, 15) is 5.26 Å². The molecule has 3 rings (SSSR count). The van der Waals surface area contributed by atoms with Crippen LogP contribution in [0.25, 0.3) is 0 Å². The van der Waals surface area contributed by atoms with E-state index in [1.807, 2.05) is 0 Å². The molecule has 1 aliphatic carbocycles. The third-order valence-electron chi connectivity index (χ3n) is 4.08. The van der Waals surface area contributed by atoms with Crippen LogP contribution in [0.3, 0.4) is 0 Å². The molecule has 0 radical (unpaired) electrons. The molecule has 0 N–H and O–H groups in total. The minimum absolute atomic E-state index is 0.251. The van der Waals surface area contributed by atoms with Crippen molar-refractivity contribution in [1.82, 2.24) is 0 Å². The molecule has 1 nitrogen and oxygen atoms in total. The van der Waals surface area contributed by atoms with E-state index in [2.05, 4.69) is 61.5 Å². The number of hydrogen-bond acceptors (Lipinski definition) is 1. The normalized spacial score (nSPS) is 15.8. The molecule has 0 heterocycles. The van der Waals surface area contributed by atoms with Crippen LogP contribution < -0.4 is 0 Å². The average Bonchev–Trinajstić information content (AvgIpc) is 2.80. The maximum absolute atomic E-state index is 9.65. The van der Waals surface area contributed by atoms with Gasteiger partial charge in [0.05, 0.1) is 11.5 Å². The molecule has 0 bridgehead atoms. The van der Waals surface area contributed by atoms with E-state index in [4.69, 9.17) is 0 Å². The van der Waals surface area contributed by atoms with Gasteiger partial charge in [-0.3, -0.25) is 0 Å². The third-order valence-corrected chi connectivity index (χ3v) is 4.08. The molecule has 19 heavy (non-hydrogen) atoms. The van der Waals surface area contributed by atoms with Crippen molar-refractivity contribution in [2.24, 2.45) is 5.41 Å². The summed E-state index contributed by atoms with van der Waals surface area (Å²) in [6.45, 7) is 2.09. The van der Waals surface area contributed by atoms with Crippen LogP contribution in [-0.4, -0.2) is 0 Å². The van der Waals surface area contributed by atoms with Crippen molar-refractivity contribution in [3.8, 4) is 6.07 Å². The quantitative estimate of drug-likeness (QED) is 0.790. The molecule has 0 fully saturated rings. The lowest BCUT2D eigenvalue weighted by molar-refractivity contribution is 0.418. The fourth-order valence-corrected chi connectivity index (χ4v) is 3.03. The SMILES string of the molecule is Cc1ccc(CC2(C#N)Cc3ccccc3C2)cc1. The lowest BCUT2D eigenvalue weighted by Gasteiger charge is -2.20. The Morgan fingerprint density at radius 3 is 2.11 bits per heavy atom. The first-order valence-electron chi connectivity index (χ1n) is 6.74. The van der Waals surface area contributed by atoms with E-state index in [0.717, 1.165) is 19.3 Å². The van der Waals surface area contributed by atoms with Crippen molar-refractivity contribution < 1.29 is 0 Å². The Morgan fingerprint density at radius 2 is 1.58 bits per heavy atom. The van der Waals surface area contributed by atoms with Gasteiger partial charge in [-0.1, -0.05) is 54.1 Å². The van der Waals surface area contributed by atoms with Gasteiger partial charge in [-0.15, -0.1) is 0 Å². The molecule has 0 amide bonds. The van der Waals surface area contributed by atoms with Gasteiger partial charge in [0.1, 0.15) is 0 Å². The largest absolute Gasteiger partial charge is 0.198 e. The van der Waals surface area contributed by atoms with Crippen LogP contribution in [0, 0.1) is 23.7 Å². The minimum atomic E-state index is -0.251. The van der Waals surface area contributed by atoms with Crippen LogP contribution in [0.1, 0.15) is 22.3 Å². The Morgan fingerprint density at radius 1 is 1.00 bits per heavy atom. The molecule has 2 aromatic rings. The summed E-state index contributed by atoms with van der Waals surface area (Å²) in [7, 11) is 0. The smallest absolute Gasteiger partial charge is 0.0700 e. The number of nitrogens with zero attached hydrogens (tertiary/aromatic N) is 1. The number of nitriles is 1. The average molecular weight is 247 g/mol. The molecule has 0 atom stereocenters. The fraction of sp³-hybridized carbons (Fsp3) is 0.278. The van der Waals surface area contributed by atoms with Gasteiger partial charge in [0.25, 0.3) is 0 Å². The van der Waals surface area contributed by atoms with Gasteiger partial charge < -0.3 is 0 Å². The zero-order valence-corrected chi connectivity index (χ0v) is 11.2. The lowest BCUT2D eigenvalue weighted by Crippen LogP contribution is -2.22. The summed E-state index contributed by atoms with van der Waals surface area (Å²) in [5.74, 6) is 0. The number of hydrogen-bond donors (Lipinski definition) is 0. The van der Waals surface area contributed by atoms with Gasteiger partial charge in [-0.05, 0) is 42.9 Å². The molecule has 2 aromatic carbocycles. The molecule has 0 aromatic heterocycles. The molecule has 1 heteroatoms. The second-order valence-electron chi connectivity index (χ2n) is 5.68. The van der Waals surface area contributed by atoms with E-state index in [1.165, 1.54) is 22.3 Å². The van der Waals surface area contributed by atoms with Gasteiger partial charge in [0, 0.05) is 0 Å². The van der Waals surface area contributed by atoms with Crippen molar-refractivity contribution in [3.05, 3.63) is 70.8 Å². The van der Waals surface area contributed by atoms with Gasteiger partial charge >= 0.3 is 0 Å². The van der Waals surface area contributed by atoms with Gasteiger partial charge in [0.2, 0.25) is 0 Å². The predicted octanol–water partition coefficient (Wildman–Crippen LogP) is 3.85. The monoisotopic (exact) mass is 247 g/mol. The first kappa shape index (κ1) is 12.0. The fourth-order valence-electron chi connectivity index (χ4n) is 3.03. The van der Waals surface area contributed by atoms with Crippen molar-refractivity contribution in [2.45, 2.75) is 26.2 Å². The lowest BCUT2D eigenvalue weighted by atomic mass is 9.80. The van der Waals surface area contributed by atoms with Crippen molar-refractivity contribution >= 4 is 0 Å². The van der Waals surface area contributed by atoms with Crippen molar-refractivity contribution in [1.29, 1.82) is 5.26 Å². The van der Waals surface area contributed by atoms with Crippen LogP contribution in [0.15, 0.2) is 48.5 Å². The highest BCUT2D eigenvalue weighted by Crippen LogP contribution is 2.39. The molecule has 94 valence electrons. The van der Waals surface area contributed by atoms with Gasteiger partial charge in [-0.2, -0.15) is 5.26 Å². The van der Waals surface area contributed by atoms with Crippen LogP contribution in [0.4, 0.5) is 0 Å². The molecule has 1 aliphatic rings. The highest BCUT2D eigenvalue weighted by molar-refractivity contribution is 5.38. The van der Waals surface area contributed by atoms with E-state index >= 15 is 0 Å². The summed E-state index contributed by atoms with van der Waals surface area (Å²) in [5, 5.41) is 9.65. The Kier molecular flexibility index (Phi) is 2.87. The van der Waals surface area contributed by atoms with Crippen LogP contribution in [0.2, 0.25) is 0 Å². The highest BCUT2D eigenvalue weighted by atomic mass is 14.4. The second kappa shape index (κ2) is 4.55. The van der Waals surface area contributed by atoms with Crippen LogP contribution >= 0.6 is 0 Å². The topological polar surface area (TPSA) is 23.8 Å². The predicted molar refractivity (Wildman–Crippen MR) is 76.8 cm³/mol. The number of benzene rings is 2. The summed E-state index contributed by atoms with van der Waals surface area (Å²) >= 11 is 0. The third kappa shape index (κ3) is 2.27. The zero-order valence-electron chi connectivity index (χ0n) is 11.2. The molecular formula is C18H17N. The second-order valence-corrected chi connectivity index (χ2v) is 5.68. The number of fused-ring (bicyclic) bond motifs is 1. The van der Waals surface area contributed by atoms with Gasteiger partial charge in [0.15, 0.2) is 0 Å². The Labute approximate surface area is 114 Å². The number of rotatable bonds is 2. The molecular weight excluding hydrogens is 230 g/mol. The molecule has 0 saturated heterocycles. The summed E-state index contributed by atoms with van der Waals surface area (Å²) < 4.78 is 0. The maximum Gasteiger partial charge on any atom is 0.0700 e. The van der Waals surface area contributed by atoms with Gasteiger partial charge in [-0.25, -0.2) is 0 Å². The summed E-state index contributed by atoms with van der Waals surface area (Å²) in [6, 6.07) is 19.6. The Balaban J connectivity index is 1.87. The summed E-state index contributed by atoms with van der Waals surface area (Å²) in [4.78, 5) is 0. The molecule has 0 spiro atoms. The van der Waals surface area contributed by atoms with E-state index in [0.29, 0.717) is 0 Å². The Hall–Kier alpha value is -2.07. The van der Waals surface area contributed by atoms with Crippen LogP contribution in [-0.2, 0) is 19.3 Å². The zero-order chi connectivity index (χ0) is 13.3. The first-order valence-corrected chi connectivity index (χ1v) is 6.74. The van der Waals surface area contributed by atoms with E-state index in [-0.39, 0.29) is 5.41 Å². The Bertz CT molecular complexity index is 606. The highest BCUT2D eigenvalue weighted by Gasteiger charge is 2.37. The van der Waals surface area contributed by atoms with E-state index < -0.39 is 0 Å². The number of aryl methyl sites for hydroxylation is 1. The van der Waals surface area contributed by atoms with E-state index in [1.54, 1.807) is 0 Å². The molecule has 0 unspecified atom stereocenters. The standard InChI is InChI=1S/C18H17N/c1-14-6-8-15(9-7-14)10-18(13-19)11-16-4-2-3-5-17(16)12-18/h2-9H,10-12H2,1H3.